The normalized spacial score (nSPS) is 22.2. The summed E-state index contributed by atoms with van der Waals surface area (Å²) >= 11 is 0. The van der Waals surface area contributed by atoms with Gasteiger partial charge in [-0.3, -0.25) is 14.9 Å². The van der Waals surface area contributed by atoms with E-state index >= 15 is 0 Å². The highest BCUT2D eigenvalue weighted by atomic mass is 16.6. The first-order chi connectivity index (χ1) is 8.58. The molecule has 94 valence electrons. The standard InChI is InChI=1S/C12H13N3O3/c13-11-9-5-8(15(17)18)3-4-10(9)14(12(11)16)6-7-1-2-7/h3-5,7,11H,1-2,6,13H2/t11-/m0/s1. The van der Waals surface area contributed by atoms with E-state index in [9.17, 15) is 14.9 Å². The zero-order chi connectivity index (χ0) is 12.9. The molecule has 0 radical (unpaired) electrons. The Hall–Kier alpha value is -1.95. The monoisotopic (exact) mass is 247 g/mol. The van der Waals surface area contributed by atoms with Crippen molar-refractivity contribution in [1.82, 2.24) is 0 Å². The predicted octanol–water partition coefficient (Wildman–Crippen LogP) is 1.35. The lowest BCUT2D eigenvalue weighted by Gasteiger charge is -2.16. The number of hydrogen-bond acceptors (Lipinski definition) is 4. The van der Waals surface area contributed by atoms with E-state index in [1.807, 2.05) is 0 Å². The number of nitrogens with two attached hydrogens (primary N) is 1. The van der Waals surface area contributed by atoms with Gasteiger partial charge in [-0.15, -0.1) is 0 Å². The highest BCUT2D eigenvalue weighted by molar-refractivity contribution is 6.04. The molecule has 18 heavy (non-hydrogen) atoms. The van der Waals surface area contributed by atoms with E-state index in [-0.39, 0.29) is 11.6 Å². The first kappa shape index (κ1) is 11.2. The molecular weight excluding hydrogens is 234 g/mol. The third-order valence-corrected chi connectivity index (χ3v) is 3.52. The minimum absolute atomic E-state index is 0.0229. The van der Waals surface area contributed by atoms with Gasteiger partial charge in [0.25, 0.3) is 5.69 Å². The number of nitro benzene ring substituents is 1. The van der Waals surface area contributed by atoms with Gasteiger partial charge in [0, 0.05) is 29.9 Å². The molecule has 0 bridgehead atoms. The smallest absolute Gasteiger partial charge is 0.269 e. The van der Waals surface area contributed by atoms with Gasteiger partial charge in [-0.1, -0.05) is 0 Å². The van der Waals surface area contributed by atoms with E-state index in [2.05, 4.69) is 0 Å². The summed E-state index contributed by atoms with van der Waals surface area (Å²) < 4.78 is 0. The average Bonchev–Trinajstić information content (AvgIpc) is 3.13. The van der Waals surface area contributed by atoms with Crippen LogP contribution in [0.5, 0.6) is 0 Å². The van der Waals surface area contributed by atoms with E-state index in [1.54, 1.807) is 11.0 Å². The Morgan fingerprint density at radius 1 is 1.44 bits per heavy atom. The molecule has 1 aromatic rings. The molecule has 6 nitrogen and oxygen atoms in total. The van der Waals surface area contributed by atoms with Crippen LogP contribution in [0, 0.1) is 16.0 Å². The summed E-state index contributed by atoms with van der Waals surface area (Å²) in [6.45, 7) is 0.678. The molecule has 3 rings (SSSR count). The number of benzene rings is 1. The molecule has 0 unspecified atom stereocenters. The van der Waals surface area contributed by atoms with Crippen molar-refractivity contribution in [3.8, 4) is 0 Å². The van der Waals surface area contributed by atoms with Gasteiger partial charge in [0.05, 0.1) is 4.92 Å². The number of nitrogens with zero attached hydrogens (tertiary/aromatic N) is 2. The Kier molecular flexibility index (Phi) is 2.34. The fraction of sp³-hybridized carbons (Fsp3) is 0.417. The number of carbonyl (C=O) groups excluding carboxylic acids is 1. The molecule has 0 spiro atoms. The molecule has 1 aromatic carbocycles. The van der Waals surface area contributed by atoms with Crippen molar-refractivity contribution in [1.29, 1.82) is 0 Å². The molecule has 1 saturated carbocycles. The number of non-ortho nitro benzene ring substituents is 1. The van der Waals surface area contributed by atoms with Crippen LogP contribution >= 0.6 is 0 Å². The maximum Gasteiger partial charge on any atom is 0.269 e. The van der Waals surface area contributed by atoms with Gasteiger partial charge < -0.3 is 10.6 Å². The molecule has 1 atom stereocenters. The zero-order valence-corrected chi connectivity index (χ0v) is 9.70. The van der Waals surface area contributed by atoms with Gasteiger partial charge >= 0.3 is 0 Å². The van der Waals surface area contributed by atoms with Crippen LogP contribution in [-0.2, 0) is 4.79 Å². The lowest BCUT2D eigenvalue weighted by Crippen LogP contribution is -2.33. The minimum Gasteiger partial charge on any atom is -0.316 e. The fourth-order valence-corrected chi connectivity index (χ4v) is 2.32. The van der Waals surface area contributed by atoms with Gasteiger partial charge in [0.2, 0.25) is 5.91 Å². The SMILES string of the molecule is N[C@@H]1C(=O)N(CC2CC2)c2ccc([N+](=O)[O-])cc21. The highest BCUT2D eigenvalue weighted by Gasteiger charge is 2.38. The van der Waals surface area contributed by atoms with Crippen molar-refractivity contribution < 1.29 is 9.72 Å². The molecule has 0 saturated heterocycles. The maximum atomic E-state index is 12.0. The second-order valence-electron chi connectivity index (χ2n) is 4.87. The number of hydrogen-bond donors (Lipinski definition) is 1. The molecule has 2 N–H and O–H groups in total. The Morgan fingerprint density at radius 2 is 2.17 bits per heavy atom. The number of amides is 1. The lowest BCUT2D eigenvalue weighted by molar-refractivity contribution is -0.384. The van der Waals surface area contributed by atoms with Crippen molar-refractivity contribution >= 4 is 17.3 Å². The van der Waals surface area contributed by atoms with Gasteiger partial charge in [-0.05, 0) is 24.8 Å². The molecule has 1 aliphatic carbocycles. The molecule has 1 amide bonds. The van der Waals surface area contributed by atoms with Crippen LogP contribution in [0.1, 0.15) is 24.4 Å². The van der Waals surface area contributed by atoms with Crippen LogP contribution in [-0.4, -0.2) is 17.4 Å². The van der Waals surface area contributed by atoms with Crippen LogP contribution in [0.15, 0.2) is 18.2 Å². The molecule has 1 heterocycles. The van der Waals surface area contributed by atoms with Crippen LogP contribution in [0.4, 0.5) is 11.4 Å². The summed E-state index contributed by atoms with van der Waals surface area (Å²) in [5.41, 5.74) is 7.10. The van der Waals surface area contributed by atoms with Crippen LogP contribution in [0.25, 0.3) is 0 Å². The molecule has 1 fully saturated rings. The molecule has 2 aliphatic rings. The number of rotatable bonds is 3. The lowest BCUT2D eigenvalue weighted by atomic mass is 10.1. The first-order valence-electron chi connectivity index (χ1n) is 5.93. The van der Waals surface area contributed by atoms with Crippen LogP contribution in [0.3, 0.4) is 0 Å². The maximum absolute atomic E-state index is 12.0. The van der Waals surface area contributed by atoms with Crippen molar-refractivity contribution in [2.75, 3.05) is 11.4 Å². The summed E-state index contributed by atoms with van der Waals surface area (Å²) in [5, 5.41) is 10.7. The number of fused-ring (bicyclic) bond motifs is 1. The molecule has 0 aromatic heterocycles. The average molecular weight is 247 g/mol. The van der Waals surface area contributed by atoms with Crippen molar-refractivity contribution in [3.05, 3.63) is 33.9 Å². The number of nitro groups is 1. The molecule has 1 aliphatic heterocycles. The van der Waals surface area contributed by atoms with Crippen molar-refractivity contribution in [2.24, 2.45) is 11.7 Å². The van der Waals surface area contributed by atoms with E-state index in [0.29, 0.717) is 18.0 Å². The zero-order valence-electron chi connectivity index (χ0n) is 9.70. The van der Waals surface area contributed by atoms with Gasteiger partial charge in [0.1, 0.15) is 6.04 Å². The summed E-state index contributed by atoms with van der Waals surface area (Å²) in [4.78, 5) is 24.0. The van der Waals surface area contributed by atoms with E-state index in [4.69, 9.17) is 5.73 Å². The Balaban J connectivity index is 1.99. The van der Waals surface area contributed by atoms with Crippen LogP contribution in [0.2, 0.25) is 0 Å². The van der Waals surface area contributed by atoms with E-state index in [1.165, 1.54) is 12.1 Å². The third kappa shape index (κ3) is 1.65. The molecule has 6 heteroatoms. The third-order valence-electron chi connectivity index (χ3n) is 3.52. The van der Waals surface area contributed by atoms with E-state index in [0.717, 1.165) is 18.5 Å². The van der Waals surface area contributed by atoms with Gasteiger partial charge in [0.15, 0.2) is 0 Å². The second kappa shape index (κ2) is 3.78. The van der Waals surface area contributed by atoms with Crippen LogP contribution < -0.4 is 10.6 Å². The quantitative estimate of drug-likeness (QED) is 0.644. The fourth-order valence-electron chi connectivity index (χ4n) is 2.32. The second-order valence-corrected chi connectivity index (χ2v) is 4.87. The van der Waals surface area contributed by atoms with Gasteiger partial charge in [-0.2, -0.15) is 0 Å². The Morgan fingerprint density at radius 3 is 2.78 bits per heavy atom. The van der Waals surface area contributed by atoms with E-state index < -0.39 is 11.0 Å². The van der Waals surface area contributed by atoms with Crippen molar-refractivity contribution in [2.45, 2.75) is 18.9 Å². The summed E-state index contributed by atoms with van der Waals surface area (Å²) in [7, 11) is 0. The largest absolute Gasteiger partial charge is 0.316 e. The summed E-state index contributed by atoms with van der Waals surface area (Å²) in [6.07, 6.45) is 2.28. The minimum atomic E-state index is -0.765. The topological polar surface area (TPSA) is 89.5 Å². The predicted molar refractivity (Wildman–Crippen MR) is 65.1 cm³/mol. The van der Waals surface area contributed by atoms with Crippen molar-refractivity contribution in [3.63, 3.8) is 0 Å². The van der Waals surface area contributed by atoms with Gasteiger partial charge in [-0.25, -0.2) is 0 Å². The molecular formula is C12H13N3O3. The Bertz CT molecular complexity index is 539. The Labute approximate surface area is 104 Å². The summed E-state index contributed by atoms with van der Waals surface area (Å²) in [6, 6.07) is 3.69. The number of anilines is 1. The first-order valence-corrected chi connectivity index (χ1v) is 5.93. The highest BCUT2D eigenvalue weighted by Crippen LogP contribution is 2.40. The number of carbonyl (C=O) groups is 1. The summed E-state index contributed by atoms with van der Waals surface area (Å²) in [5.74, 6) is 0.402.